The molecule has 0 aromatic carbocycles. The highest BCUT2D eigenvalue weighted by Gasteiger charge is 2.49. The monoisotopic (exact) mass is 464 g/mol. The molecule has 1 aliphatic rings. The molecule has 1 heterocycles. The van der Waals surface area contributed by atoms with Gasteiger partial charge in [-0.25, -0.2) is 9.98 Å². The lowest BCUT2D eigenvalue weighted by atomic mass is 9.64. The van der Waals surface area contributed by atoms with E-state index in [1.165, 1.54) is 6.42 Å². The smallest absolute Gasteiger partial charge is 0.191 e. The van der Waals surface area contributed by atoms with Gasteiger partial charge in [-0.15, -0.1) is 24.0 Å². The second-order valence-corrected chi connectivity index (χ2v) is 6.96. The highest BCUT2D eigenvalue weighted by Crippen LogP contribution is 2.42. The number of nitrogens with one attached hydrogen (secondary N) is 2. The minimum Gasteiger partial charge on any atom is -0.378 e. The number of nitrogens with zero attached hydrogens (tertiary/aromatic N) is 4. The molecule has 2 atom stereocenters. The van der Waals surface area contributed by atoms with Gasteiger partial charge in [-0.1, -0.05) is 27.2 Å². The van der Waals surface area contributed by atoms with Crippen LogP contribution in [0.2, 0.25) is 0 Å². The van der Waals surface area contributed by atoms with Gasteiger partial charge in [-0.05, 0) is 19.8 Å². The summed E-state index contributed by atoms with van der Waals surface area (Å²) in [4.78, 5) is 8.85. The van der Waals surface area contributed by atoms with E-state index in [1.807, 2.05) is 7.05 Å². The first-order valence-electron chi connectivity index (χ1n) is 8.98. The quantitative estimate of drug-likeness (QED) is 0.268. The van der Waals surface area contributed by atoms with Crippen molar-refractivity contribution in [3.05, 3.63) is 12.2 Å². The second kappa shape index (κ2) is 10.3. The van der Waals surface area contributed by atoms with Gasteiger partial charge >= 0.3 is 0 Å². The van der Waals surface area contributed by atoms with E-state index in [9.17, 15) is 0 Å². The van der Waals surface area contributed by atoms with Crippen LogP contribution in [0.15, 0.2) is 11.3 Å². The highest BCUT2D eigenvalue weighted by molar-refractivity contribution is 14.0. The van der Waals surface area contributed by atoms with Crippen molar-refractivity contribution in [1.82, 2.24) is 25.4 Å². The standard InChI is InChI=1S/C17H32N6O.HI/c1-6-8-9-24-14-10-13(17(14,3)4)22-16(18-7-2)19-11-15-20-12-21-23(15)5;/h12-14H,6-11H2,1-5H3,(H2,18,19,22);1H. The van der Waals surface area contributed by atoms with E-state index in [2.05, 4.69) is 53.4 Å². The number of ether oxygens (including phenoxy) is 1. The minimum atomic E-state index is 0. The Morgan fingerprint density at radius 1 is 1.44 bits per heavy atom. The third-order valence-corrected chi connectivity index (χ3v) is 4.83. The molecule has 1 aromatic rings. The molecule has 1 aromatic heterocycles. The van der Waals surface area contributed by atoms with E-state index < -0.39 is 0 Å². The van der Waals surface area contributed by atoms with Crippen LogP contribution in [-0.4, -0.2) is 46.0 Å². The normalized spacial score (nSPS) is 22.0. The zero-order chi connectivity index (χ0) is 17.6. The van der Waals surface area contributed by atoms with Crippen molar-refractivity contribution in [2.75, 3.05) is 13.2 Å². The predicted molar refractivity (Wildman–Crippen MR) is 111 cm³/mol. The van der Waals surface area contributed by atoms with Crippen LogP contribution in [0.5, 0.6) is 0 Å². The van der Waals surface area contributed by atoms with E-state index in [1.54, 1.807) is 11.0 Å². The van der Waals surface area contributed by atoms with Gasteiger partial charge in [-0.2, -0.15) is 5.10 Å². The Balaban J connectivity index is 0.00000312. The molecule has 2 N–H and O–H groups in total. The number of hydrogen-bond donors (Lipinski definition) is 2. The van der Waals surface area contributed by atoms with Crippen molar-refractivity contribution in [1.29, 1.82) is 0 Å². The summed E-state index contributed by atoms with van der Waals surface area (Å²) in [7, 11) is 1.88. The molecule has 8 heteroatoms. The van der Waals surface area contributed by atoms with Crippen LogP contribution in [0.1, 0.15) is 52.8 Å². The molecule has 1 fully saturated rings. The van der Waals surface area contributed by atoms with Crippen molar-refractivity contribution in [3.8, 4) is 0 Å². The van der Waals surface area contributed by atoms with Gasteiger partial charge in [0.05, 0.1) is 6.10 Å². The van der Waals surface area contributed by atoms with Gasteiger partial charge in [0.2, 0.25) is 0 Å². The zero-order valence-electron chi connectivity index (χ0n) is 16.1. The fourth-order valence-corrected chi connectivity index (χ4v) is 2.88. The van der Waals surface area contributed by atoms with Gasteiger partial charge < -0.3 is 15.4 Å². The topological polar surface area (TPSA) is 76.4 Å². The van der Waals surface area contributed by atoms with Crippen molar-refractivity contribution < 1.29 is 4.74 Å². The molecule has 1 aliphatic carbocycles. The first kappa shape index (κ1) is 22.1. The van der Waals surface area contributed by atoms with E-state index in [0.29, 0.717) is 18.7 Å². The number of unbranched alkanes of at least 4 members (excludes halogenated alkanes) is 1. The lowest BCUT2D eigenvalue weighted by Gasteiger charge is -2.52. The molecule has 0 spiro atoms. The van der Waals surface area contributed by atoms with Crippen LogP contribution < -0.4 is 10.6 Å². The first-order chi connectivity index (χ1) is 11.5. The molecule has 0 saturated heterocycles. The summed E-state index contributed by atoms with van der Waals surface area (Å²) in [5.74, 6) is 1.67. The molecule has 7 nitrogen and oxygen atoms in total. The van der Waals surface area contributed by atoms with Crippen LogP contribution in [0.3, 0.4) is 0 Å². The molecule has 2 rings (SSSR count). The predicted octanol–water partition coefficient (Wildman–Crippen LogP) is 2.47. The summed E-state index contributed by atoms with van der Waals surface area (Å²) in [6, 6.07) is 0.362. The fourth-order valence-electron chi connectivity index (χ4n) is 2.88. The Kier molecular flexibility index (Phi) is 9.12. The number of aryl methyl sites for hydroxylation is 1. The van der Waals surface area contributed by atoms with Crippen molar-refractivity contribution in [2.24, 2.45) is 17.5 Å². The third-order valence-electron chi connectivity index (χ3n) is 4.83. The average Bonchev–Trinajstić information content (AvgIpc) is 2.96. The summed E-state index contributed by atoms with van der Waals surface area (Å²) >= 11 is 0. The molecule has 25 heavy (non-hydrogen) atoms. The summed E-state index contributed by atoms with van der Waals surface area (Å²) in [5.41, 5.74) is 0.106. The van der Waals surface area contributed by atoms with Crippen molar-refractivity contribution in [2.45, 2.75) is 65.6 Å². The Morgan fingerprint density at radius 2 is 2.20 bits per heavy atom. The molecule has 144 valence electrons. The molecule has 2 unspecified atom stereocenters. The largest absolute Gasteiger partial charge is 0.378 e. The molecular formula is C17H33IN6O. The summed E-state index contributed by atoms with van der Waals surface area (Å²) < 4.78 is 7.77. The Hall–Kier alpha value is -0.900. The lowest BCUT2D eigenvalue weighted by Crippen LogP contribution is -2.63. The Morgan fingerprint density at radius 3 is 2.76 bits per heavy atom. The molecular weight excluding hydrogens is 431 g/mol. The van der Waals surface area contributed by atoms with Crippen molar-refractivity contribution in [3.63, 3.8) is 0 Å². The van der Waals surface area contributed by atoms with E-state index >= 15 is 0 Å². The van der Waals surface area contributed by atoms with Crippen LogP contribution >= 0.6 is 24.0 Å². The maximum Gasteiger partial charge on any atom is 0.191 e. The average molecular weight is 464 g/mol. The van der Waals surface area contributed by atoms with Gasteiger partial charge in [0.1, 0.15) is 18.7 Å². The maximum atomic E-state index is 6.02. The van der Waals surface area contributed by atoms with Gasteiger partial charge in [0.25, 0.3) is 0 Å². The summed E-state index contributed by atoms with van der Waals surface area (Å²) in [6.07, 6.45) is 5.20. The molecule has 0 amide bonds. The van der Waals surface area contributed by atoms with E-state index in [0.717, 1.165) is 37.8 Å². The van der Waals surface area contributed by atoms with E-state index in [4.69, 9.17) is 4.74 Å². The van der Waals surface area contributed by atoms with Crippen LogP contribution in [-0.2, 0) is 18.3 Å². The summed E-state index contributed by atoms with van der Waals surface area (Å²) in [5, 5.41) is 10.9. The van der Waals surface area contributed by atoms with Gasteiger partial charge in [0, 0.05) is 31.7 Å². The SMILES string of the molecule is CCCCOC1CC(NC(=NCc2ncnn2C)NCC)C1(C)C.I. The number of hydrogen-bond acceptors (Lipinski definition) is 4. The molecule has 0 radical (unpaired) electrons. The van der Waals surface area contributed by atoms with Gasteiger partial charge in [0.15, 0.2) is 5.96 Å². The maximum absolute atomic E-state index is 6.02. The minimum absolute atomic E-state index is 0. The molecule has 1 saturated carbocycles. The van der Waals surface area contributed by atoms with Gasteiger partial charge in [-0.3, -0.25) is 4.68 Å². The zero-order valence-corrected chi connectivity index (χ0v) is 18.4. The summed E-state index contributed by atoms with van der Waals surface area (Å²) in [6.45, 7) is 11.0. The highest BCUT2D eigenvalue weighted by atomic mass is 127. The lowest BCUT2D eigenvalue weighted by molar-refractivity contribution is -0.113. The number of aromatic nitrogens is 3. The third kappa shape index (κ3) is 5.80. The van der Waals surface area contributed by atoms with Crippen LogP contribution in [0.4, 0.5) is 0 Å². The number of halogens is 1. The molecule has 0 aliphatic heterocycles. The number of rotatable bonds is 8. The molecule has 0 bridgehead atoms. The second-order valence-electron chi connectivity index (χ2n) is 6.96. The fraction of sp³-hybridized carbons (Fsp3) is 0.824. The van der Waals surface area contributed by atoms with Crippen LogP contribution in [0, 0.1) is 5.41 Å². The first-order valence-corrected chi connectivity index (χ1v) is 8.98. The number of aliphatic imine (C=N–C) groups is 1. The Labute approximate surface area is 168 Å². The van der Waals surface area contributed by atoms with Crippen molar-refractivity contribution >= 4 is 29.9 Å². The number of guanidine groups is 1. The van der Waals surface area contributed by atoms with Crippen LogP contribution in [0.25, 0.3) is 0 Å². The van der Waals surface area contributed by atoms with E-state index in [-0.39, 0.29) is 29.4 Å². The Bertz CT molecular complexity index is 545.